The van der Waals surface area contributed by atoms with Gasteiger partial charge in [0.1, 0.15) is 0 Å². The minimum Gasteiger partial charge on any atom is -0.481 e. The van der Waals surface area contributed by atoms with E-state index in [4.69, 9.17) is 9.84 Å². The van der Waals surface area contributed by atoms with E-state index in [0.29, 0.717) is 18.3 Å². The van der Waals surface area contributed by atoms with Crippen LogP contribution in [0.15, 0.2) is 29.2 Å². The lowest BCUT2D eigenvalue weighted by Gasteiger charge is -2.07. The Hall–Kier alpha value is -1.20. The van der Waals surface area contributed by atoms with Crippen LogP contribution in [-0.4, -0.2) is 34.3 Å². The first-order chi connectivity index (χ1) is 8.65. The Bertz CT molecular complexity index is 435. The van der Waals surface area contributed by atoms with Crippen molar-refractivity contribution in [1.29, 1.82) is 0 Å². The Morgan fingerprint density at radius 2 is 2.11 bits per heavy atom. The fraction of sp³-hybridized carbons (Fsp3) is 0.462. The van der Waals surface area contributed by atoms with Crippen LogP contribution in [0.2, 0.25) is 0 Å². The Kier molecular flexibility index (Phi) is 4.49. The zero-order valence-electron chi connectivity index (χ0n) is 10.0. The molecule has 1 heterocycles. The number of ether oxygens (including phenoxy) is 1. The van der Waals surface area contributed by atoms with E-state index in [1.54, 1.807) is 24.3 Å². The normalized spacial score (nSPS) is 20.8. The predicted octanol–water partition coefficient (Wildman–Crippen LogP) is 1.46. The molecule has 0 radical (unpaired) electrons. The molecule has 5 heteroatoms. The van der Waals surface area contributed by atoms with Crippen LogP contribution in [0.3, 0.4) is 0 Å². The highest BCUT2D eigenvalue weighted by Crippen LogP contribution is 2.17. The first-order valence-corrected chi connectivity index (χ1v) is 7.24. The van der Waals surface area contributed by atoms with E-state index in [2.05, 4.69) is 0 Å². The second-order valence-electron chi connectivity index (χ2n) is 4.46. The number of hydrogen-bond acceptors (Lipinski definition) is 3. The summed E-state index contributed by atoms with van der Waals surface area (Å²) < 4.78 is 17.3. The maximum atomic E-state index is 12.1. The Labute approximate surface area is 108 Å². The average Bonchev–Trinajstić information content (AvgIpc) is 2.82. The fourth-order valence-electron chi connectivity index (χ4n) is 1.96. The van der Waals surface area contributed by atoms with Gasteiger partial charge in [-0.1, -0.05) is 12.1 Å². The molecule has 2 rings (SSSR count). The molecule has 4 nitrogen and oxygen atoms in total. The minimum absolute atomic E-state index is 0.00335. The van der Waals surface area contributed by atoms with E-state index in [1.807, 2.05) is 0 Å². The smallest absolute Gasteiger partial charge is 0.307 e. The van der Waals surface area contributed by atoms with Crippen LogP contribution in [0, 0.1) is 5.92 Å². The first kappa shape index (κ1) is 13.2. The molecule has 0 aliphatic carbocycles. The monoisotopic (exact) mass is 268 g/mol. The zero-order valence-corrected chi connectivity index (χ0v) is 10.8. The van der Waals surface area contributed by atoms with E-state index >= 15 is 0 Å². The molecule has 2 unspecified atom stereocenters. The van der Waals surface area contributed by atoms with Gasteiger partial charge in [0.25, 0.3) is 0 Å². The molecule has 1 aromatic carbocycles. The van der Waals surface area contributed by atoms with Gasteiger partial charge in [0, 0.05) is 17.3 Å². The van der Waals surface area contributed by atoms with Crippen molar-refractivity contribution in [2.24, 2.45) is 5.92 Å². The SMILES string of the molecule is O=C(O)Cc1ccc(S(=O)CC2CCOC2)cc1. The van der Waals surface area contributed by atoms with Crippen LogP contribution in [-0.2, 0) is 26.8 Å². The molecule has 1 aromatic rings. The molecule has 0 saturated carbocycles. The standard InChI is InChI=1S/C13H16O4S/c14-13(15)7-10-1-3-12(4-2-10)18(16)9-11-5-6-17-8-11/h1-4,11H,5-9H2,(H,14,15). The van der Waals surface area contributed by atoms with Gasteiger partial charge in [-0.15, -0.1) is 0 Å². The molecular formula is C13H16O4S. The van der Waals surface area contributed by atoms with Gasteiger partial charge in [0.05, 0.1) is 23.8 Å². The number of aliphatic carboxylic acids is 1. The molecule has 18 heavy (non-hydrogen) atoms. The molecule has 0 amide bonds. The summed E-state index contributed by atoms with van der Waals surface area (Å²) in [5.41, 5.74) is 0.729. The van der Waals surface area contributed by atoms with E-state index in [1.165, 1.54) is 0 Å². The predicted molar refractivity (Wildman–Crippen MR) is 68.0 cm³/mol. The van der Waals surface area contributed by atoms with E-state index in [0.717, 1.165) is 23.5 Å². The summed E-state index contributed by atoms with van der Waals surface area (Å²) in [6.07, 6.45) is 0.978. The van der Waals surface area contributed by atoms with E-state index in [-0.39, 0.29) is 6.42 Å². The molecule has 0 bridgehead atoms. The first-order valence-electron chi connectivity index (χ1n) is 5.92. The average molecular weight is 268 g/mol. The quantitative estimate of drug-likeness (QED) is 0.878. The van der Waals surface area contributed by atoms with Crippen LogP contribution in [0.5, 0.6) is 0 Å². The third-order valence-corrected chi connectivity index (χ3v) is 4.52. The molecule has 1 aliphatic heterocycles. The van der Waals surface area contributed by atoms with Gasteiger partial charge < -0.3 is 9.84 Å². The van der Waals surface area contributed by atoms with Crippen molar-refractivity contribution in [3.8, 4) is 0 Å². The fourth-order valence-corrected chi connectivity index (χ4v) is 3.28. The van der Waals surface area contributed by atoms with Crippen LogP contribution in [0.1, 0.15) is 12.0 Å². The van der Waals surface area contributed by atoms with Gasteiger partial charge in [-0.3, -0.25) is 9.00 Å². The number of carboxylic acids is 1. The summed E-state index contributed by atoms with van der Waals surface area (Å²) >= 11 is 0. The minimum atomic E-state index is -1.02. The maximum absolute atomic E-state index is 12.1. The summed E-state index contributed by atoms with van der Waals surface area (Å²) in [6, 6.07) is 6.97. The third kappa shape index (κ3) is 3.65. The van der Waals surface area contributed by atoms with Gasteiger partial charge in [0.15, 0.2) is 0 Å². The molecule has 0 spiro atoms. The molecular weight excluding hydrogens is 252 g/mol. The summed E-state index contributed by atoms with van der Waals surface area (Å²) in [7, 11) is -1.02. The van der Waals surface area contributed by atoms with Crippen LogP contribution >= 0.6 is 0 Å². The lowest BCUT2D eigenvalue weighted by molar-refractivity contribution is -0.136. The van der Waals surface area contributed by atoms with Crippen molar-refractivity contribution in [3.63, 3.8) is 0 Å². The van der Waals surface area contributed by atoms with Gasteiger partial charge in [-0.2, -0.15) is 0 Å². The second kappa shape index (κ2) is 6.11. The highest BCUT2D eigenvalue weighted by atomic mass is 32.2. The molecule has 1 aliphatic rings. The third-order valence-electron chi connectivity index (χ3n) is 2.95. The van der Waals surface area contributed by atoms with Gasteiger partial charge in [-0.25, -0.2) is 0 Å². The van der Waals surface area contributed by atoms with Crippen molar-refractivity contribution < 1.29 is 18.8 Å². The number of rotatable bonds is 5. The van der Waals surface area contributed by atoms with Gasteiger partial charge in [0.2, 0.25) is 0 Å². The zero-order chi connectivity index (χ0) is 13.0. The van der Waals surface area contributed by atoms with Crippen molar-refractivity contribution in [2.45, 2.75) is 17.7 Å². The molecule has 1 N–H and O–H groups in total. The van der Waals surface area contributed by atoms with E-state index in [9.17, 15) is 9.00 Å². The largest absolute Gasteiger partial charge is 0.481 e. The molecule has 0 aromatic heterocycles. The van der Waals surface area contributed by atoms with Crippen molar-refractivity contribution in [1.82, 2.24) is 0 Å². The van der Waals surface area contributed by atoms with Gasteiger partial charge >= 0.3 is 5.97 Å². The Balaban J connectivity index is 1.95. The van der Waals surface area contributed by atoms with Gasteiger partial charge in [-0.05, 0) is 30.0 Å². The summed E-state index contributed by atoms with van der Waals surface area (Å²) in [4.78, 5) is 11.3. The topological polar surface area (TPSA) is 63.6 Å². The molecule has 98 valence electrons. The highest BCUT2D eigenvalue weighted by molar-refractivity contribution is 7.85. The Morgan fingerprint density at radius 3 is 2.67 bits per heavy atom. The number of carbonyl (C=O) groups is 1. The molecule has 1 saturated heterocycles. The van der Waals surface area contributed by atoms with Crippen molar-refractivity contribution in [3.05, 3.63) is 29.8 Å². The summed E-state index contributed by atoms with van der Waals surface area (Å²) in [6.45, 7) is 1.46. The summed E-state index contributed by atoms with van der Waals surface area (Å²) in [5.74, 6) is 0.148. The van der Waals surface area contributed by atoms with Crippen molar-refractivity contribution in [2.75, 3.05) is 19.0 Å². The van der Waals surface area contributed by atoms with Crippen LogP contribution < -0.4 is 0 Å². The van der Waals surface area contributed by atoms with E-state index < -0.39 is 16.8 Å². The van der Waals surface area contributed by atoms with Crippen molar-refractivity contribution >= 4 is 16.8 Å². The number of hydrogen-bond donors (Lipinski definition) is 1. The maximum Gasteiger partial charge on any atom is 0.307 e. The highest BCUT2D eigenvalue weighted by Gasteiger charge is 2.19. The van der Waals surface area contributed by atoms with Crippen LogP contribution in [0.4, 0.5) is 0 Å². The van der Waals surface area contributed by atoms with Crippen LogP contribution in [0.25, 0.3) is 0 Å². The summed E-state index contributed by atoms with van der Waals surface area (Å²) in [5, 5.41) is 8.66. The molecule has 1 fully saturated rings. The number of carboxylic acid groups (broad SMARTS) is 1. The number of benzene rings is 1. The lowest BCUT2D eigenvalue weighted by atomic mass is 10.1. The Morgan fingerprint density at radius 1 is 1.39 bits per heavy atom. The lowest BCUT2D eigenvalue weighted by Crippen LogP contribution is -2.11. The molecule has 2 atom stereocenters. The second-order valence-corrected chi connectivity index (χ2v) is 5.95.